The van der Waals surface area contributed by atoms with Crippen LogP contribution in [0.4, 0.5) is 5.69 Å². The number of para-hydroxylation sites is 1. The summed E-state index contributed by atoms with van der Waals surface area (Å²) < 4.78 is 5.76. The van der Waals surface area contributed by atoms with Gasteiger partial charge in [0.15, 0.2) is 0 Å². The van der Waals surface area contributed by atoms with Gasteiger partial charge >= 0.3 is 0 Å². The van der Waals surface area contributed by atoms with E-state index in [9.17, 15) is 24.3 Å². The van der Waals surface area contributed by atoms with Crippen LogP contribution in [0.3, 0.4) is 0 Å². The predicted molar refractivity (Wildman–Crippen MR) is 182 cm³/mol. The lowest BCUT2D eigenvalue weighted by atomic mass is 9.51. The van der Waals surface area contributed by atoms with Crippen molar-refractivity contribution in [3.05, 3.63) is 102 Å². The molecule has 4 amide bonds. The van der Waals surface area contributed by atoms with Gasteiger partial charge < -0.3 is 9.84 Å². The van der Waals surface area contributed by atoms with Gasteiger partial charge in [-0.3, -0.25) is 29.0 Å². The van der Waals surface area contributed by atoms with Crippen molar-refractivity contribution in [2.24, 2.45) is 29.1 Å². The zero-order chi connectivity index (χ0) is 34.0. The van der Waals surface area contributed by atoms with Gasteiger partial charge in [-0.25, -0.2) is 4.90 Å². The van der Waals surface area contributed by atoms with Gasteiger partial charge in [-0.1, -0.05) is 66.2 Å². The minimum atomic E-state index is -1.18. The summed E-state index contributed by atoms with van der Waals surface area (Å²) in [5, 5.41) is 10.4. The first-order valence-electron chi connectivity index (χ1n) is 17.4. The topological polar surface area (TPSA) is 107 Å². The molecule has 8 rings (SSSR count). The molecule has 9 heteroatoms. The van der Waals surface area contributed by atoms with Gasteiger partial charge in [-0.05, 0) is 62.3 Å². The number of hydrogen-bond donors (Lipinski definition) is 1. The molecular formula is C40H41N3O6. The van der Waals surface area contributed by atoms with Crippen molar-refractivity contribution in [1.82, 2.24) is 9.80 Å². The van der Waals surface area contributed by atoms with E-state index in [1.807, 2.05) is 31.2 Å². The Balaban J connectivity index is 1.14. The molecule has 0 radical (unpaired) electrons. The number of ether oxygens (including phenoxy) is 1. The van der Waals surface area contributed by atoms with Gasteiger partial charge in [-0.15, -0.1) is 0 Å². The third kappa shape index (κ3) is 4.84. The molecule has 0 spiro atoms. The zero-order valence-corrected chi connectivity index (χ0v) is 27.8. The number of carbonyl (C=O) groups excluding carboxylic acids is 4. The van der Waals surface area contributed by atoms with Crippen molar-refractivity contribution < 1.29 is 29.0 Å². The minimum absolute atomic E-state index is 0.0223. The Hall–Kier alpha value is -4.76. The maximum Gasteiger partial charge on any atom is 0.241 e. The summed E-state index contributed by atoms with van der Waals surface area (Å²) in [6.07, 6.45) is 4.21. The third-order valence-corrected chi connectivity index (χ3v) is 12.0. The van der Waals surface area contributed by atoms with Gasteiger partial charge in [0.05, 0.1) is 36.0 Å². The Labute approximate surface area is 286 Å². The van der Waals surface area contributed by atoms with Crippen molar-refractivity contribution in [3.8, 4) is 11.5 Å². The summed E-state index contributed by atoms with van der Waals surface area (Å²) >= 11 is 0. The van der Waals surface area contributed by atoms with Crippen LogP contribution in [0, 0.1) is 29.1 Å². The summed E-state index contributed by atoms with van der Waals surface area (Å²) in [5.41, 5.74) is 2.16. The Morgan fingerprint density at radius 2 is 1.55 bits per heavy atom. The highest BCUT2D eigenvalue weighted by Gasteiger charge is 2.68. The molecule has 3 heterocycles. The normalized spacial score (nSPS) is 30.2. The second kappa shape index (κ2) is 12.0. The van der Waals surface area contributed by atoms with Crippen LogP contribution >= 0.6 is 0 Å². The Morgan fingerprint density at radius 1 is 0.857 bits per heavy atom. The maximum atomic E-state index is 14.6. The number of carbonyl (C=O) groups is 4. The Bertz CT molecular complexity index is 1850. The van der Waals surface area contributed by atoms with Crippen LogP contribution in [-0.4, -0.2) is 64.8 Å². The van der Waals surface area contributed by atoms with Gasteiger partial charge in [-0.2, -0.15) is 0 Å². The lowest BCUT2D eigenvalue weighted by molar-refractivity contribution is -0.144. The van der Waals surface area contributed by atoms with Crippen LogP contribution in [-0.2, 0) is 25.7 Å². The number of methoxy groups -OCH3 is 1. The second-order valence-corrected chi connectivity index (χ2v) is 14.5. The smallest absolute Gasteiger partial charge is 0.241 e. The highest BCUT2D eigenvalue weighted by molar-refractivity contribution is 6.24. The van der Waals surface area contributed by atoms with E-state index < -0.39 is 35.0 Å². The molecule has 6 unspecified atom stereocenters. The molecule has 6 atom stereocenters. The molecule has 4 fully saturated rings. The maximum absolute atomic E-state index is 14.6. The van der Waals surface area contributed by atoms with Crippen LogP contribution in [0.5, 0.6) is 11.5 Å². The van der Waals surface area contributed by atoms with E-state index in [0.29, 0.717) is 29.8 Å². The van der Waals surface area contributed by atoms with Crippen LogP contribution < -0.4 is 9.64 Å². The minimum Gasteiger partial charge on any atom is -0.508 e. The summed E-state index contributed by atoms with van der Waals surface area (Å²) in [7, 11) is 1.52. The highest BCUT2D eigenvalue weighted by Crippen LogP contribution is 2.64. The van der Waals surface area contributed by atoms with E-state index in [-0.39, 0.29) is 35.4 Å². The van der Waals surface area contributed by atoms with Gasteiger partial charge in [0.1, 0.15) is 11.5 Å². The number of allylic oxidation sites excluding steroid dienone is 2. The number of nitrogens with zero attached hydrogens (tertiary/aromatic N) is 3. The van der Waals surface area contributed by atoms with Gasteiger partial charge in [0.2, 0.25) is 23.6 Å². The van der Waals surface area contributed by atoms with Crippen molar-refractivity contribution >= 4 is 29.3 Å². The number of rotatable bonds is 6. The number of phenolic OH excluding ortho intramolecular Hbond substituents is 1. The van der Waals surface area contributed by atoms with Crippen LogP contribution in [0.25, 0.3) is 0 Å². The molecule has 3 aromatic carbocycles. The number of piperidine rings is 1. The molecule has 5 aliphatic rings. The Kier molecular flexibility index (Phi) is 7.70. The van der Waals surface area contributed by atoms with Crippen molar-refractivity contribution in [2.45, 2.75) is 51.1 Å². The number of phenols is 1. The van der Waals surface area contributed by atoms with Crippen molar-refractivity contribution in [3.63, 3.8) is 0 Å². The number of fused-ring (bicyclic) bond motifs is 4. The Morgan fingerprint density at radius 3 is 2.24 bits per heavy atom. The molecule has 9 nitrogen and oxygen atoms in total. The van der Waals surface area contributed by atoms with Gasteiger partial charge in [0, 0.05) is 43.2 Å². The average Bonchev–Trinajstić information content (AvgIpc) is 3.49. The number of likely N-dealkylation sites (tertiary alicyclic amines) is 2. The van der Waals surface area contributed by atoms with Crippen LogP contribution in [0.1, 0.15) is 49.7 Å². The molecule has 0 bridgehead atoms. The summed E-state index contributed by atoms with van der Waals surface area (Å²) in [5.74, 6) is -3.23. The number of hydrogen-bond acceptors (Lipinski definition) is 7. The fourth-order valence-corrected chi connectivity index (χ4v) is 9.68. The highest BCUT2D eigenvalue weighted by atomic mass is 16.5. The third-order valence-electron chi connectivity index (χ3n) is 12.0. The SMILES string of the molecule is COc1cc(O)ccc1C1C2=CCC3C(=O)N(C4CCN(Cc5ccccc5)CC4)C(=O)C3C2CC2C(=O)N(c3ccccc3)C(=O)C21C. The molecule has 3 saturated heterocycles. The molecular weight excluding hydrogens is 618 g/mol. The van der Waals surface area contributed by atoms with Crippen molar-refractivity contribution in [1.29, 1.82) is 0 Å². The van der Waals surface area contributed by atoms with Crippen LogP contribution in [0.2, 0.25) is 0 Å². The molecule has 1 saturated carbocycles. The molecule has 1 N–H and O–H groups in total. The first kappa shape index (κ1) is 31.5. The zero-order valence-electron chi connectivity index (χ0n) is 27.8. The largest absolute Gasteiger partial charge is 0.508 e. The lowest BCUT2D eigenvalue weighted by Crippen LogP contribution is -2.49. The molecule has 252 valence electrons. The molecule has 3 aromatic rings. The first-order valence-corrected chi connectivity index (χ1v) is 17.4. The molecule has 3 aliphatic heterocycles. The quantitative estimate of drug-likeness (QED) is 0.283. The molecule has 49 heavy (non-hydrogen) atoms. The lowest BCUT2D eigenvalue weighted by Gasteiger charge is -2.49. The van der Waals surface area contributed by atoms with E-state index in [4.69, 9.17) is 4.74 Å². The monoisotopic (exact) mass is 659 g/mol. The average molecular weight is 660 g/mol. The standard InChI is InChI=1S/C40H41N3O6/c1-40-32(37(46)43(39(40)48)25-11-7-4-8-12-25)22-31-28(35(40)29-14-13-27(44)21-33(29)49-2)15-16-30-34(31)38(47)42(36(30)45)26-17-19-41(20-18-26)23-24-9-5-3-6-10-24/h3-15,21,26,30-32,34-35,44H,16-20,22-23H2,1-2H3. The molecule has 0 aromatic heterocycles. The second-order valence-electron chi connectivity index (χ2n) is 14.5. The van der Waals surface area contributed by atoms with Crippen LogP contribution in [0.15, 0.2) is 90.5 Å². The van der Waals surface area contributed by atoms with Crippen molar-refractivity contribution in [2.75, 3.05) is 25.1 Å². The summed E-state index contributed by atoms with van der Waals surface area (Å²) in [6.45, 7) is 4.30. The molecule has 2 aliphatic carbocycles. The van der Waals surface area contributed by atoms with E-state index >= 15 is 0 Å². The fraction of sp³-hybridized carbons (Fsp3) is 0.400. The summed E-state index contributed by atoms with van der Waals surface area (Å²) in [6, 6.07) is 24.0. The van der Waals surface area contributed by atoms with E-state index in [1.54, 1.807) is 41.3 Å². The van der Waals surface area contributed by atoms with E-state index in [2.05, 4.69) is 23.1 Å². The fourth-order valence-electron chi connectivity index (χ4n) is 9.68. The number of imide groups is 2. The predicted octanol–water partition coefficient (Wildman–Crippen LogP) is 5.30. The number of anilines is 1. The van der Waals surface area contributed by atoms with Gasteiger partial charge in [0.25, 0.3) is 0 Å². The van der Waals surface area contributed by atoms with E-state index in [0.717, 1.165) is 38.0 Å². The number of amides is 4. The number of benzene rings is 3. The number of aromatic hydroxyl groups is 1. The summed E-state index contributed by atoms with van der Waals surface area (Å²) in [4.78, 5) is 62.9. The first-order chi connectivity index (χ1) is 23.7. The van der Waals surface area contributed by atoms with E-state index in [1.165, 1.54) is 23.6 Å².